The summed E-state index contributed by atoms with van der Waals surface area (Å²) in [5.41, 5.74) is 0. The van der Waals surface area contributed by atoms with Crippen LogP contribution in [0.15, 0.2) is 0 Å². The number of rotatable bonds is 4. The van der Waals surface area contributed by atoms with Crippen LogP contribution in [0.5, 0.6) is 0 Å². The van der Waals surface area contributed by atoms with Gasteiger partial charge in [0.25, 0.3) is 0 Å². The third kappa shape index (κ3) is 4.44. The van der Waals surface area contributed by atoms with Gasteiger partial charge < -0.3 is 15.3 Å². The fourth-order valence-corrected chi connectivity index (χ4v) is 5.06. The quantitative estimate of drug-likeness (QED) is 0.827. The molecule has 1 aliphatic heterocycles. The lowest BCUT2D eigenvalue weighted by Crippen LogP contribution is -2.54. The summed E-state index contributed by atoms with van der Waals surface area (Å²) in [5.74, 6) is 0.830. The third-order valence-corrected chi connectivity index (χ3v) is 6.87. The molecule has 1 saturated carbocycles. The Balaban J connectivity index is 1.93. The molecule has 22 heavy (non-hydrogen) atoms. The van der Waals surface area contributed by atoms with Gasteiger partial charge in [-0.05, 0) is 32.6 Å². The summed E-state index contributed by atoms with van der Waals surface area (Å²) in [4.78, 5) is 14.3. The van der Waals surface area contributed by atoms with Crippen LogP contribution in [0.2, 0.25) is 0 Å². The number of nitrogens with one attached hydrogen (secondary N) is 1. The maximum atomic E-state index is 12.5. The minimum atomic E-state index is -0.852. The summed E-state index contributed by atoms with van der Waals surface area (Å²) in [7, 11) is -0.852. The second-order valence-electron chi connectivity index (χ2n) is 6.64. The molecule has 5 atom stereocenters. The molecule has 2 N–H and O–H groups in total. The lowest BCUT2D eigenvalue weighted by Gasteiger charge is -2.37. The van der Waals surface area contributed by atoms with Gasteiger partial charge in [0.05, 0.1) is 11.4 Å². The molecule has 2 fully saturated rings. The number of nitrogens with zero attached hydrogens (tertiary/aromatic N) is 1. The zero-order chi connectivity index (χ0) is 16.1. The lowest BCUT2D eigenvalue weighted by atomic mass is 9.93. The lowest BCUT2D eigenvalue weighted by molar-refractivity contribution is 0.0730. The number of hydrogen-bond donors (Lipinski definition) is 2. The number of urea groups is 1. The van der Waals surface area contributed by atoms with E-state index in [4.69, 9.17) is 0 Å². The SMILES string of the molecule is CCS(=O)C1CCCCC1NC(=O)N1CCCC(C(C)O)C1. The van der Waals surface area contributed by atoms with Crippen LogP contribution in [0.1, 0.15) is 52.4 Å². The van der Waals surface area contributed by atoms with Crippen LogP contribution in [-0.2, 0) is 10.8 Å². The van der Waals surface area contributed by atoms with E-state index in [1.54, 1.807) is 6.92 Å². The minimum absolute atomic E-state index is 0.0361. The maximum absolute atomic E-state index is 12.5. The van der Waals surface area contributed by atoms with Gasteiger partial charge in [-0.25, -0.2) is 4.79 Å². The molecule has 5 nitrogen and oxygen atoms in total. The second kappa shape index (κ2) is 8.29. The largest absolute Gasteiger partial charge is 0.393 e. The van der Waals surface area contributed by atoms with E-state index in [-0.39, 0.29) is 29.3 Å². The number of carbonyl (C=O) groups is 1. The zero-order valence-electron chi connectivity index (χ0n) is 13.8. The van der Waals surface area contributed by atoms with E-state index in [2.05, 4.69) is 5.32 Å². The number of piperidine rings is 1. The fraction of sp³-hybridized carbons (Fsp3) is 0.938. The Morgan fingerprint density at radius 2 is 2.05 bits per heavy atom. The van der Waals surface area contributed by atoms with Gasteiger partial charge in [-0.2, -0.15) is 0 Å². The van der Waals surface area contributed by atoms with Gasteiger partial charge in [-0.1, -0.05) is 19.8 Å². The first kappa shape index (κ1) is 17.7. The van der Waals surface area contributed by atoms with Gasteiger partial charge in [0, 0.05) is 41.6 Å². The van der Waals surface area contributed by atoms with Crippen molar-refractivity contribution in [3.05, 3.63) is 0 Å². The molecule has 0 aromatic carbocycles. The average molecular weight is 330 g/mol. The first-order valence-electron chi connectivity index (χ1n) is 8.63. The Labute approximate surface area is 136 Å². The number of likely N-dealkylation sites (tertiary alicyclic amines) is 1. The van der Waals surface area contributed by atoms with Crippen LogP contribution in [0.25, 0.3) is 0 Å². The van der Waals surface area contributed by atoms with Crippen molar-refractivity contribution in [1.82, 2.24) is 10.2 Å². The van der Waals surface area contributed by atoms with Crippen LogP contribution in [0, 0.1) is 5.92 Å². The first-order chi connectivity index (χ1) is 10.5. The highest BCUT2D eigenvalue weighted by molar-refractivity contribution is 7.85. The number of aliphatic hydroxyl groups is 1. The monoisotopic (exact) mass is 330 g/mol. The molecule has 128 valence electrons. The van der Waals surface area contributed by atoms with Crippen LogP contribution in [0.3, 0.4) is 0 Å². The van der Waals surface area contributed by atoms with Gasteiger partial charge in [0.2, 0.25) is 0 Å². The number of hydrogen-bond acceptors (Lipinski definition) is 3. The number of carbonyl (C=O) groups excluding carboxylic acids is 1. The average Bonchev–Trinajstić information content (AvgIpc) is 2.54. The molecule has 1 saturated heterocycles. The van der Waals surface area contributed by atoms with E-state index >= 15 is 0 Å². The molecule has 0 spiro atoms. The Bertz CT molecular complexity index is 403. The second-order valence-corrected chi connectivity index (χ2v) is 8.58. The molecule has 1 aliphatic carbocycles. The predicted octanol–water partition coefficient (Wildman–Crippen LogP) is 1.87. The summed E-state index contributed by atoms with van der Waals surface area (Å²) in [6.45, 7) is 5.12. The molecule has 2 amide bonds. The number of amides is 2. The van der Waals surface area contributed by atoms with Crippen molar-refractivity contribution < 1.29 is 14.1 Å². The number of aliphatic hydroxyl groups excluding tert-OH is 1. The molecule has 0 radical (unpaired) electrons. The molecule has 0 bridgehead atoms. The molecule has 0 aromatic heterocycles. The van der Waals surface area contributed by atoms with Crippen molar-refractivity contribution in [3.63, 3.8) is 0 Å². The van der Waals surface area contributed by atoms with Crippen molar-refractivity contribution in [2.75, 3.05) is 18.8 Å². The minimum Gasteiger partial charge on any atom is -0.393 e. The molecular formula is C16H30N2O3S. The third-order valence-electron chi connectivity index (χ3n) is 5.06. The summed E-state index contributed by atoms with van der Waals surface area (Å²) in [6.07, 6.45) is 5.63. The Morgan fingerprint density at radius 1 is 1.32 bits per heavy atom. The molecule has 2 aliphatic rings. The van der Waals surface area contributed by atoms with Crippen LogP contribution in [-0.4, -0.2) is 56.5 Å². The highest BCUT2D eigenvalue weighted by Crippen LogP contribution is 2.24. The van der Waals surface area contributed by atoms with Crippen LogP contribution >= 0.6 is 0 Å². The molecule has 6 heteroatoms. The van der Waals surface area contributed by atoms with Crippen molar-refractivity contribution in [3.8, 4) is 0 Å². The highest BCUT2D eigenvalue weighted by atomic mass is 32.2. The Hall–Kier alpha value is -0.620. The fourth-order valence-electron chi connectivity index (χ4n) is 3.63. The maximum Gasteiger partial charge on any atom is 0.317 e. The molecule has 2 rings (SSSR count). The van der Waals surface area contributed by atoms with Crippen molar-refractivity contribution in [1.29, 1.82) is 0 Å². The van der Waals surface area contributed by atoms with E-state index in [0.29, 0.717) is 12.3 Å². The van der Waals surface area contributed by atoms with Crippen LogP contribution in [0.4, 0.5) is 4.79 Å². The highest BCUT2D eigenvalue weighted by Gasteiger charge is 2.33. The molecule has 0 aromatic rings. The Kier molecular flexibility index (Phi) is 6.68. The van der Waals surface area contributed by atoms with E-state index in [9.17, 15) is 14.1 Å². The normalized spacial score (nSPS) is 32.3. The van der Waals surface area contributed by atoms with Gasteiger partial charge >= 0.3 is 6.03 Å². The van der Waals surface area contributed by atoms with Crippen molar-refractivity contribution in [2.45, 2.75) is 69.8 Å². The molecule has 1 heterocycles. The van der Waals surface area contributed by atoms with E-state index in [0.717, 1.165) is 45.1 Å². The topological polar surface area (TPSA) is 69.6 Å². The van der Waals surface area contributed by atoms with Gasteiger partial charge in [0.15, 0.2) is 0 Å². The smallest absolute Gasteiger partial charge is 0.317 e. The van der Waals surface area contributed by atoms with Gasteiger partial charge in [-0.3, -0.25) is 4.21 Å². The standard InChI is InChI=1S/C16H30N2O3S/c1-3-22(21)15-9-5-4-8-14(15)17-16(20)18-10-6-7-13(11-18)12(2)19/h12-15,19H,3-11H2,1-2H3,(H,17,20). The van der Waals surface area contributed by atoms with Gasteiger partial charge in [-0.15, -0.1) is 0 Å². The zero-order valence-corrected chi connectivity index (χ0v) is 14.6. The summed E-state index contributed by atoms with van der Waals surface area (Å²) in [6, 6.07) is -0.00990. The Morgan fingerprint density at radius 3 is 2.73 bits per heavy atom. The summed E-state index contributed by atoms with van der Waals surface area (Å²) >= 11 is 0. The van der Waals surface area contributed by atoms with Crippen molar-refractivity contribution in [2.24, 2.45) is 5.92 Å². The first-order valence-corrected chi connectivity index (χ1v) is 10.0. The summed E-state index contributed by atoms with van der Waals surface area (Å²) < 4.78 is 12.2. The molecule has 5 unspecified atom stereocenters. The van der Waals surface area contributed by atoms with E-state index < -0.39 is 10.8 Å². The summed E-state index contributed by atoms with van der Waals surface area (Å²) in [5, 5.41) is 13.0. The van der Waals surface area contributed by atoms with E-state index in [1.807, 2.05) is 11.8 Å². The van der Waals surface area contributed by atoms with Crippen LogP contribution < -0.4 is 5.32 Å². The van der Waals surface area contributed by atoms with Crippen molar-refractivity contribution >= 4 is 16.8 Å². The predicted molar refractivity (Wildman–Crippen MR) is 89.2 cm³/mol. The van der Waals surface area contributed by atoms with Gasteiger partial charge in [0.1, 0.15) is 0 Å². The van der Waals surface area contributed by atoms with E-state index in [1.165, 1.54) is 0 Å². The molecular weight excluding hydrogens is 300 g/mol.